The Balaban J connectivity index is 2.00. The van der Waals surface area contributed by atoms with Crippen molar-refractivity contribution in [3.8, 4) is 0 Å². The first-order valence-electron chi connectivity index (χ1n) is 6.00. The van der Waals surface area contributed by atoms with Crippen LogP contribution in [0.15, 0.2) is 0 Å². The van der Waals surface area contributed by atoms with Crippen LogP contribution >= 0.6 is 0 Å². The first kappa shape index (κ1) is 10.9. The highest BCUT2D eigenvalue weighted by Gasteiger charge is 2.38. The molecule has 0 aliphatic carbocycles. The molecule has 3 nitrogen and oxygen atoms in total. The van der Waals surface area contributed by atoms with Crippen LogP contribution in [0.3, 0.4) is 0 Å². The number of nitrogens with zero attached hydrogens (tertiary/aromatic N) is 1. The number of rotatable bonds is 1. The summed E-state index contributed by atoms with van der Waals surface area (Å²) >= 11 is 0. The molecule has 0 aromatic rings. The molecule has 2 heterocycles. The molecule has 0 bridgehead atoms. The van der Waals surface area contributed by atoms with Gasteiger partial charge in [0.05, 0.1) is 0 Å². The van der Waals surface area contributed by atoms with E-state index in [-0.39, 0.29) is 18.1 Å². The summed E-state index contributed by atoms with van der Waals surface area (Å²) < 4.78 is 5.22. The van der Waals surface area contributed by atoms with Gasteiger partial charge in [-0.15, -0.1) is 0 Å². The van der Waals surface area contributed by atoms with Gasteiger partial charge in [-0.3, -0.25) is 9.69 Å². The van der Waals surface area contributed by atoms with Crippen molar-refractivity contribution in [2.45, 2.75) is 45.8 Å². The van der Waals surface area contributed by atoms with E-state index in [2.05, 4.69) is 18.7 Å². The molecule has 3 heteroatoms. The lowest BCUT2D eigenvalue weighted by Gasteiger charge is -2.37. The molecule has 0 aromatic carbocycles. The average molecular weight is 211 g/mol. The summed E-state index contributed by atoms with van der Waals surface area (Å²) in [6.07, 6.45) is 2.27. The Morgan fingerprint density at radius 3 is 2.20 bits per heavy atom. The van der Waals surface area contributed by atoms with Crippen molar-refractivity contribution in [3.05, 3.63) is 0 Å². The van der Waals surface area contributed by atoms with Gasteiger partial charge in [0.25, 0.3) is 0 Å². The van der Waals surface area contributed by atoms with E-state index in [1.54, 1.807) is 0 Å². The molecule has 0 spiro atoms. The number of ether oxygens (including phenoxy) is 1. The third-order valence-corrected chi connectivity index (χ3v) is 3.48. The first-order valence-corrected chi connectivity index (χ1v) is 6.00. The van der Waals surface area contributed by atoms with Gasteiger partial charge < -0.3 is 4.74 Å². The van der Waals surface area contributed by atoms with E-state index in [9.17, 15) is 4.79 Å². The van der Waals surface area contributed by atoms with Crippen molar-refractivity contribution < 1.29 is 9.53 Å². The molecule has 15 heavy (non-hydrogen) atoms. The average Bonchev–Trinajstić information content (AvgIpc) is 2.43. The van der Waals surface area contributed by atoms with Gasteiger partial charge in [0.15, 0.2) is 0 Å². The fourth-order valence-electron chi connectivity index (χ4n) is 3.00. The van der Waals surface area contributed by atoms with E-state index >= 15 is 0 Å². The molecule has 4 unspecified atom stereocenters. The molecular weight excluding hydrogens is 190 g/mol. The normalized spacial score (nSPS) is 43.0. The Morgan fingerprint density at radius 2 is 1.73 bits per heavy atom. The summed E-state index contributed by atoms with van der Waals surface area (Å²) in [5.74, 6) is 1.40. The van der Waals surface area contributed by atoms with Crippen molar-refractivity contribution >= 4 is 5.97 Å². The number of cyclic esters (lactones) is 1. The molecule has 2 saturated heterocycles. The standard InChI is InChI=1S/C12H21NO2/c1-8-4-9(2)7-13(6-8)11-5-10(3)15-12(11)14/h8-11H,4-7H2,1-3H3. The zero-order valence-electron chi connectivity index (χ0n) is 9.90. The first-order chi connectivity index (χ1) is 7.06. The van der Waals surface area contributed by atoms with Gasteiger partial charge in [-0.05, 0) is 25.2 Å². The molecule has 0 N–H and O–H groups in total. The zero-order valence-corrected chi connectivity index (χ0v) is 9.90. The Hall–Kier alpha value is -0.570. The van der Waals surface area contributed by atoms with E-state index in [1.807, 2.05) is 6.92 Å². The maximum absolute atomic E-state index is 11.6. The molecule has 4 atom stereocenters. The maximum atomic E-state index is 11.6. The van der Waals surface area contributed by atoms with Crippen LogP contribution in [-0.2, 0) is 9.53 Å². The van der Waals surface area contributed by atoms with Crippen molar-refractivity contribution in [3.63, 3.8) is 0 Å². The molecule has 86 valence electrons. The number of likely N-dealkylation sites (tertiary alicyclic amines) is 1. The van der Waals surface area contributed by atoms with Gasteiger partial charge in [-0.2, -0.15) is 0 Å². The summed E-state index contributed by atoms with van der Waals surface area (Å²) in [6.45, 7) is 8.63. The quantitative estimate of drug-likeness (QED) is 0.618. The molecule has 0 aromatic heterocycles. The smallest absolute Gasteiger partial charge is 0.323 e. The van der Waals surface area contributed by atoms with Gasteiger partial charge in [0, 0.05) is 19.5 Å². The minimum Gasteiger partial charge on any atom is -0.461 e. The van der Waals surface area contributed by atoms with E-state index in [0.717, 1.165) is 19.5 Å². The second-order valence-corrected chi connectivity index (χ2v) is 5.40. The minimum absolute atomic E-state index is 0.0104. The number of hydrogen-bond donors (Lipinski definition) is 0. The fourth-order valence-corrected chi connectivity index (χ4v) is 3.00. The molecule has 0 amide bonds. The Labute approximate surface area is 91.8 Å². The van der Waals surface area contributed by atoms with Crippen molar-refractivity contribution in [2.24, 2.45) is 11.8 Å². The summed E-state index contributed by atoms with van der Waals surface area (Å²) in [4.78, 5) is 14.0. The predicted octanol–water partition coefficient (Wildman–Crippen LogP) is 1.67. The van der Waals surface area contributed by atoms with E-state index in [0.29, 0.717) is 11.8 Å². The number of piperidine rings is 1. The minimum atomic E-state index is -0.0104. The molecule has 2 rings (SSSR count). The van der Waals surface area contributed by atoms with Crippen LogP contribution in [0.5, 0.6) is 0 Å². The molecular formula is C12H21NO2. The van der Waals surface area contributed by atoms with Gasteiger partial charge in [-0.1, -0.05) is 13.8 Å². The number of esters is 1. The highest BCUT2D eigenvalue weighted by atomic mass is 16.6. The lowest BCUT2D eigenvalue weighted by atomic mass is 9.90. The van der Waals surface area contributed by atoms with Gasteiger partial charge in [0.2, 0.25) is 0 Å². The second kappa shape index (κ2) is 4.12. The maximum Gasteiger partial charge on any atom is 0.323 e. The summed E-state index contributed by atoms with van der Waals surface area (Å²) in [7, 11) is 0. The monoisotopic (exact) mass is 211 g/mol. The molecule has 2 fully saturated rings. The third-order valence-electron chi connectivity index (χ3n) is 3.48. The van der Waals surface area contributed by atoms with Gasteiger partial charge >= 0.3 is 5.97 Å². The molecule has 2 aliphatic heterocycles. The van der Waals surface area contributed by atoms with Crippen LogP contribution < -0.4 is 0 Å². The van der Waals surface area contributed by atoms with Gasteiger partial charge in [0.1, 0.15) is 12.1 Å². The summed E-state index contributed by atoms with van der Waals surface area (Å²) in [5.41, 5.74) is 0. The zero-order chi connectivity index (χ0) is 11.0. The molecule has 0 radical (unpaired) electrons. The van der Waals surface area contributed by atoms with Crippen LogP contribution in [0.25, 0.3) is 0 Å². The predicted molar refractivity (Wildman–Crippen MR) is 58.5 cm³/mol. The number of carbonyl (C=O) groups is 1. The SMILES string of the molecule is CC1CC(C)CN(C2CC(C)OC2=O)C1. The highest BCUT2D eigenvalue weighted by molar-refractivity contribution is 5.78. The van der Waals surface area contributed by atoms with E-state index in [4.69, 9.17) is 4.74 Å². The lowest BCUT2D eigenvalue weighted by molar-refractivity contribution is -0.145. The Bertz CT molecular complexity index is 244. The number of hydrogen-bond acceptors (Lipinski definition) is 3. The van der Waals surface area contributed by atoms with Crippen LogP contribution in [0.1, 0.15) is 33.6 Å². The molecule has 2 aliphatic rings. The Morgan fingerprint density at radius 1 is 1.13 bits per heavy atom. The highest BCUT2D eigenvalue weighted by Crippen LogP contribution is 2.27. The van der Waals surface area contributed by atoms with Crippen molar-refractivity contribution in [1.29, 1.82) is 0 Å². The molecule has 0 saturated carbocycles. The largest absolute Gasteiger partial charge is 0.461 e. The van der Waals surface area contributed by atoms with Crippen LogP contribution in [0.4, 0.5) is 0 Å². The van der Waals surface area contributed by atoms with Crippen LogP contribution in [-0.4, -0.2) is 36.1 Å². The number of carbonyl (C=O) groups excluding carboxylic acids is 1. The van der Waals surface area contributed by atoms with E-state index in [1.165, 1.54) is 6.42 Å². The van der Waals surface area contributed by atoms with Gasteiger partial charge in [-0.25, -0.2) is 0 Å². The Kier molecular flexibility index (Phi) is 3.01. The van der Waals surface area contributed by atoms with Crippen molar-refractivity contribution in [1.82, 2.24) is 4.90 Å². The lowest BCUT2D eigenvalue weighted by Crippen LogP contribution is -2.47. The summed E-state index contributed by atoms with van der Waals surface area (Å²) in [5, 5.41) is 0. The van der Waals surface area contributed by atoms with Crippen molar-refractivity contribution in [2.75, 3.05) is 13.1 Å². The second-order valence-electron chi connectivity index (χ2n) is 5.40. The van der Waals surface area contributed by atoms with Crippen LogP contribution in [0, 0.1) is 11.8 Å². The fraction of sp³-hybridized carbons (Fsp3) is 0.917. The topological polar surface area (TPSA) is 29.5 Å². The van der Waals surface area contributed by atoms with E-state index < -0.39 is 0 Å². The summed E-state index contributed by atoms with van der Waals surface area (Å²) in [6, 6.07) is 0.0326. The van der Waals surface area contributed by atoms with Crippen LogP contribution in [0.2, 0.25) is 0 Å². The third kappa shape index (κ3) is 2.33.